The lowest BCUT2D eigenvalue weighted by Crippen LogP contribution is -2.30. The number of carbonyl (C=O) groups is 1. The highest BCUT2D eigenvalue weighted by Crippen LogP contribution is 2.25. The van der Waals surface area contributed by atoms with Gasteiger partial charge in [-0.3, -0.25) is 5.32 Å². The van der Waals surface area contributed by atoms with Gasteiger partial charge in [-0.2, -0.15) is 0 Å². The minimum atomic E-state index is -0.231. The summed E-state index contributed by atoms with van der Waals surface area (Å²) < 4.78 is 0. The summed E-state index contributed by atoms with van der Waals surface area (Å²) in [5, 5.41) is 8.25. The van der Waals surface area contributed by atoms with Crippen molar-refractivity contribution in [1.29, 1.82) is 0 Å². The summed E-state index contributed by atoms with van der Waals surface area (Å²) in [5.74, 6) is 0. The number of thiazole rings is 1. The summed E-state index contributed by atoms with van der Waals surface area (Å²) in [7, 11) is 0. The maximum Gasteiger partial charge on any atom is 0.321 e. The summed E-state index contributed by atoms with van der Waals surface area (Å²) >= 11 is 1.43. The van der Waals surface area contributed by atoms with Crippen LogP contribution in [0.4, 0.5) is 9.93 Å². The van der Waals surface area contributed by atoms with Crippen molar-refractivity contribution in [2.45, 2.75) is 12.8 Å². The van der Waals surface area contributed by atoms with Crippen molar-refractivity contribution >= 4 is 22.5 Å². The summed E-state index contributed by atoms with van der Waals surface area (Å²) in [4.78, 5) is 16.7. The lowest BCUT2D eigenvalue weighted by molar-refractivity contribution is 0.252. The second-order valence-electron chi connectivity index (χ2n) is 7.01. The van der Waals surface area contributed by atoms with E-state index in [0.717, 1.165) is 24.1 Å². The third-order valence-corrected chi connectivity index (χ3v) is 5.53. The van der Waals surface area contributed by atoms with Crippen LogP contribution in [0, 0.1) is 0 Å². The highest BCUT2D eigenvalue weighted by molar-refractivity contribution is 7.14. The van der Waals surface area contributed by atoms with Crippen LogP contribution >= 0.6 is 11.3 Å². The first-order chi connectivity index (χ1) is 14.8. The van der Waals surface area contributed by atoms with Gasteiger partial charge in [0.1, 0.15) is 0 Å². The Morgan fingerprint density at radius 3 is 2.13 bits per heavy atom. The molecule has 1 heterocycles. The van der Waals surface area contributed by atoms with E-state index in [0.29, 0.717) is 11.7 Å². The number of rotatable bonds is 7. The molecule has 150 valence electrons. The Hall–Kier alpha value is -3.44. The molecule has 2 amide bonds. The average Bonchev–Trinajstić information content (AvgIpc) is 3.24. The minimum Gasteiger partial charge on any atom is -0.337 e. The molecule has 0 fully saturated rings. The van der Waals surface area contributed by atoms with Crippen molar-refractivity contribution in [2.24, 2.45) is 0 Å². The van der Waals surface area contributed by atoms with Crippen LogP contribution in [-0.4, -0.2) is 17.6 Å². The van der Waals surface area contributed by atoms with Crippen LogP contribution in [0.1, 0.15) is 16.7 Å². The Kier molecular flexibility index (Phi) is 6.52. The Labute approximate surface area is 180 Å². The first-order valence-corrected chi connectivity index (χ1v) is 10.8. The molecule has 0 unspecified atom stereocenters. The standard InChI is InChI=1S/C25H23N3OS/c29-24(26-16-15-19-7-3-1-4-8-19)28-25-27-23(18-30-25)22-13-11-21(12-14-22)17-20-9-5-2-6-10-20/h1-14,18H,15-17H2,(H2,26,27,28,29). The molecule has 30 heavy (non-hydrogen) atoms. The largest absolute Gasteiger partial charge is 0.337 e. The number of nitrogens with zero attached hydrogens (tertiary/aromatic N) is 1. The first-order valence-electron chi connectivity index (χ1n) is 9.94. The fourth-order valence-electron chi connectivity index (χ4n) is 3.20. The van der Waals surface area contributed by atoms with E-state index in [4.69, 9.17) is 0 Å². The van der Waals surface area contributed by atoms with Crippen LogP contribution in [0.3, 0.4) is 0 Å². The number of amides is 2. The molecule has 4 rings (SSSR count). The van der Waals surface area contributed by atoms with Gasteiger partial charge >= 0.3 is 6.03 Å². The maximum absolute atomic E-state index is 12.1. The van der Waals surface area contributed by atoms with E-state index in [1.807, 2.05) is 29.6 Å². The zero-order chi connectivity index (χ0) is 20.6. The summed E-state index contributed by atoms with van der Waals surface area (Å²) in [6.45, 7) is 0.580. The maximum atomic E-state index is 12.1. The highest BCUT2D eigenvalue weighted by atomic mass is 32.1. The number of carbonyl (C=O) groups excluding carboxylic acids is 1. The fraction of sp³-hybridized carbons (Fsp3) is 0.120. The predicted octanol–water partition coefficient (Wildman–Crippen LogP) is 5.77. The number of nitrogens with one attached hydrogen (secondary N) is 2. The number of benzene rings is 3. The van der Waals surface area contributed by atoms with Crippen LogP contribution in [0.15, 0.2) is 90.3 Å². The Morgan fingerprint density at radius 1 is 0.800 bits per heavy atom. The number of aromatic nitrogens is 1. The molecule has 0 bridgehead atoms. The van der Waals surface area contributed by atoms with Crippen LogP contribution < -0.4 is 10.6 Å². The second-order valence-corrected chi connectivity index (χ2v) is 7.87. The van der Waals surface area contributed by atoms with Gasteiger partial charge in [0.2, 0.25) is 0 Å². The number of anilines is 1. The monoisotopic (exact) mass is 413 g/mol. The summed E-state index contributed by atoms with van der Waals surface area (Å²) in [6, 6.07) is 28.7. The first kappa shape index (κ1) is 19.9. The molecule has 4 aromatic rings. The second kappa shape index (κ2) is 9.85. The van der Waals surface area contributed by atoms with Crippen molar-refractivity contribution in [3.63, 3.8) is 0 Å². The Morgan fingerprint density at radius 2 is 1.43 bits per heavy atom. The van der Waals surface area contributed by atoms with E-state index < -0.39 is 0 Å². The molecular weight excluding hydrogens is 390 g/mol. The molecule has 0 aliphatic heterocycles. The highest BCUT2D eigenvalue weighted by Gasteiger charge is 2.08. The molecule has 3 aromatic carbocycles. The van der Waals surface area contributed by atoms with Gasteiger partial charge in [0.25, 0.3) is 0 Å². The Bertz CT molecular complexity index is 1080. The van der Waals surface area contributed by atoms with Crippen LogP contribution in [0.5, 0.6) is 0 Å². The predicted molar refractivity (Wildman–Crippen MR) is 124 cm³/mol. The molecule has 0 saturated heterocycles. The molecule has 2 N–H and O–H groups in total. The van der Waals surface area contributed by atoms with Gasteiger partial charge in [0, 0.05) is 17.5 Å². The van der Waals surface area contributed by atoms with Gasteiger partial charge < -0.3 is 5.32 Å². The van der Waals surface area contributed by atoms with Gasteiger partial charge in [-0.25, -0.2) is 9.78 Å². The molecule has 0 radical (unpaired) electrons. The molecular formula is C25H23N3OS. The zero-order valence-corrected chi connectivity index (χ0v) is 17.4. The number of urea groups is 1. The van der Waals surface area contributed by atoms with Crippen LogP contribution in [-0.2, 0) is 12.8 Å². The molecule has 0 spiro atoms. The van der Waals surface area contributed by atoms with E-state index >= 15 is 0 Å². The van der Waals surface area contributed by atoms with Crippen LogP contribution in [0.2, 0.25) is 0 Å². The van der Waals surface area contributed by atoms with Crippen molar-refractivity contribution in [1.82, 2.24) is 10.3 Å². The third-order valence-electron chi connectivity index (χ3n) is 4.77. The molecule has 4 nitrogen and oxygen atoms in total. The van der Waals surface area contributed by atoms with Crippen molar-refractivity contribution in [3.8, 4) is 11.3 Å². The van der Waals surface area contributed by atoms with Gasteiger partial charge in [-0.1, -0.05) is 84.9 Å². The average molecular weight is 414 g/mol. The fourth-order valence-corrected chi connectivity index (χ4v) is 3.91. The van der Waals surface area contributed by atoms with E-state index in [-0.39, 0.29) is 6.03 Å². The molecule has 0 atom stereocenters. The third kappa shape index (κ3) is 5.55. The molecule has 5 heteroatoms. The number of hydrogen-bond donors (Lipinski definition) is 2. The summed E-state index contributed by atoms with van der Waals surface area (Å²) in [6.07, 6.45) is 1.71. The lowest BCUT2D eigenvalue weighted by Gasteiger charge is -2.05. The van der Waals surface area contributed by atoms with Crippen LogP contribution in [0.25, 0.3) is 11.3 Å². The van der Waals surface area contributed by atoms with E-state index in [1.54, 1.807) is 0 Å². The summed E-state index contributed by atoms with van der Waals surface area (Å²) in [5.41, 5.74) is 5.66. The van der Waals surface area contributed by atoms with E-state index in [9.17, 15) is 4.79 Å². The van der Waals surface area contributed by atoms with E-state index in [1.165, 1.54) is 28.0 Å². The molecule has 0 saturated carbocycles. The zero-order valence-electron chi connectivity index (χ0n) is 16.5. The van der Waals surface area contributed by atoms with E-state index in [2.05, 4.69) is 76.3 Å². The smallest absolute Gasteiger partial charge is 0.321 e. The molecule has 0 aliphatic rings. The SMILES string of the molecule is O=C(NCCc1ccccc1)Nc1nc(-c2ccc(Cc3ccccc3)cc2)cs1. The minimum absolute atomic E-state index is 0.231. The number of hydrogen-bond acceptors (Lipinski definition) is 3. The van der Waals surface area contributed by atoms with Gasteiger partial charge in [-0.05, 0) is 29.5 Å². The van der Waals surface area contributed by atoms with Gasteiger partial charge in [-0.15, -0.1) is 11.3 Å². The van der Waals surface area contributed by atoms with Gasteiger partial charge in [0.15, 0.2) is 5.13 Å². The van der Waals surface area contributed by atoms with Crippen molar-refractivity contribution in [2.75, 3.05) is 11.9 Å². The Balaban J connectivity index is 1.29. The molecule has 1 aromatic heterocycles. The van der Waals surface area contributed by atoms with Crippen molar-refractivity contribution in [3.05, 3.63) is 107 Å². The van der Waals surface area contributed by atoms with Crippen molar-refractivity contribution < 1.29 is 4.79 Å². The lowest BCUT2D eigenvalue weighted by atomic mass is 10.0. The topological polar surface area (TPSA) is 54.0 Å². The van der Waals surface area contributed by atoms with Gasteiger partial charge in [0.05, 0.1) is 5.69 Å². The molecule has 0 aliphatic carbocycles. The normalized spacial score (nSPS) is 10.5. The quantitative estimate of drug-likeness (QED) is 0.404.